The van der Waals surface area contributed by atoms with E-state index in [2.05, 4.69) is 33.1 Å². The number of aromatic nitrogens is 2. The molecule has 5 heteroatoms. The zero-order chi connectivity index (χ0) is 12.2. The average molecular weight is 242 g/mol. The molecule has 2 aliphatic rings. The lowest BCUT2D eigenvalue weighted by molar-refractivity contribution is -0.727. The van der Waals surface area contributed by atoms with Crippen LogP contribution < -0.4 is 15.6 Å². The third-order valence-electron chi connectivity index (χ3n) is 4.02. The van der Waals surface area contributed by atoms with Gasteiger partial charge in [0.05, 0.1) is 0 Å². The molecular weight excluding hydrogens is 226 g/mol. The summed E-state index contributed by atoms with van der Waals surface area (Å²) in [7, 11) is 0. The van der Waals surface area contributed by atoms with Gasteiger partial charge in [0.2, 0.25) is 0 Å². The van der Waals surface area contributed by atoms with E-state index < -0.39 is 0 Å². The second-order valence-corrected chi connectivity index (χ2v) is 5.14. The smallest absolute Gasteiger partial charge is 0.357 e. The molecule has 18 heavy (non-hydrogen) atoms. The second-order valence-electron chi connectivity index (χ2n) is 5.14. The van der Waals surface area contributed by atoms with Crippen LogP contribution in [0.15, 0.2) is 29.3 Å². The molecule has 1 spiro atoms. The Bertz CT molecular complexity index is 648. The molecule has 0 saturated heterocycles. The molecule has 92 valence electrons. The molecule has 1 aromatic carbocycles. The van der Waals surface area contributed by atoms with Crippen molar-refractivity contribution < 1.29 is 4.57 Å². The van der Waals surface area contributed by atoms with Crippen LogP contribution in [0.25, 0.3) is 11.0 Å². The fourth-order valence-electron chi connectivity index (χ4n) is 3.30. The molecule has 1 aliphatic heterocycles. The monoisotopic (exact) mass is 242 g/mol. The molecule has 0 unspecified atom stereocenters. The van der Waals surface area contributed by atoms with Gasteiger partial charge in [-0.05, 0) is 25.0 Å². The minimum Gasteiger partial charge on any atom is -0.357 e. The van der Waals surface area contributed by atoms with Crippen molar-refractivity contribution >= 4 is 22.9 Å². The first-order valence-corrected chi connectivity index (χ1v) is 6.44. The summed E-state index contributed by atoms with van der Waals surface area (Å²) in [5.41, 5.74) is 8.07. The third-order valence-corrected chi connectivity index (χ3v) is 4.02. The number of rotatable bonds is 0. The number of anilines is 1. The maximum absolute atomic E-state index is 5.93. The Morgan fingerprint density at radius 1 is 1.22 bits per heavy atom. The number of aromatic amines is 1. The molecule has 0 atom stereocenters. The first-order valence-electron chi connectivity index (χ1n) is 6.44. The summed E-state index contributed by atoms with van der Waals surface area (Å²) < 4.78 is 2.28. The predicted octanol–water partition coefficient (Wildman–Crippen LogP) is 1.42. The van der Waals surface area contributed by atoms with E-state index in [1.165, 1.54) is 18.4 Å². The van der Waals surface area contributed by atoms with E-state index in [-0.39, 0.29) is 5.66 Å². The lowest BCUT2D eigenvalue weighted by Gasteiger charge is -2.27. The number of para-hydroxylation sites is 2. The number of benzene rings is 1. The van der Waals surface area contributed by atoms with E-state index in [1.54, 1.807) is 0 Å². The standard InChI is InChI=1S/C13H15N5/c14-11-16-12-15-9-5-1-2-6-10(9)18(12)13(17-11)7-3-4-8-13/h1-2,5-6H,3-4,7-8H2,(H3,14,15,16,17)/p+1. The quantitative estimate of drug-likeness (QED) is 0.611. The number of imidazole rings is 1. The molecule has 4 rings (SSSR count). The summed E-state index contributed by atoms with van der Waals surface area (Å²) in [6.45, 7) is 0. The number of H-pyrrole nitrogens is 1. The van der Waals surface area contributed by atoms with Crippen molar-refractivity contribution in [2.24, 2.45) is 10.7 Å². The van der Waals surface area contributed by atoms with Crippen LogP contribution in [0.3, 0.4) is 0 Å². The Labute approximate surface area is 105 Å². The normalized spacial score (nSPS) is 20.8. The van der Waals surface area contributed by atoms with Crippen molar-refractivity contribution in [1.29, 1.82) is 0 Å². The second kappa shape index (κ2) is 3.25. The number of nitrogens with one attached hydrogen (secondary N) is 2. The predicted molar refractivity (Wildman–Crippen MR) is 70.2 cm³/mol. The Balaban J connectivity index is 2.05. The van der Waals surface area contributed by atoms with Crippen LogP contribution in [-0.2, 0) is 5.66 Å². The minimum absolute atomic E-state index is 0.176. The minimum atomic E-state index is -0.176. The van der Waals surface area contributed by atoms with E-state index in [4.69, 9.17) is 10.7 Å². The number of nitrogens with zero attached hydrogens (tertiary/aromatic N) is 2. The Kier molecular flexibility index (Phi) is 1.79. The summed E-state index contributed by atoms with van der Waals surface area (Å²) >= 11 is 0. The number of guanidine groups is 1. The Morgan fingerprint density at radius 2 is 2.00 bits per heavy atom. The van der Waals surface area contributed by atoms with Gasteiger partial charge in [0.25, 0.3) is 5.96 Å². The van der Waals surface area contributed by atoms with E-state index in [0.717, 1.165) is 24.3 Å². The van der Waals surface area contributed by atoms with Crippen LogP contribution in [-0.4, -0.2) is 10.9 Å². The largest absolute Gasteiger partial charge is 0.365 e. The molecule has 5 nitrogen and oxygen atoms in total. The molecular formula is C13H16N5+. The number of nitrogens with two attached hydrogens (primary N) is 1. The fourth-order valence-corrected chi connectivity index (χ4v) is 3.30. The fraction of sp³-hybridized carbons (Fsp3) is 0.385. The van der Waals surface area contributed by atoms with Gasteiger partial charge < -0.3 is 5.73 Å². The van der Waals surface area contributed by atoms with Crippen LogP contribution >= 0.6 is 0 Å². The lowest BCUT2D eigenvalue weighted by Crippen LogP contribution is -2.59. The first kappa shape index (κ1) is 9.94. The van der Waals surface area contributed by atoms with E-state index in [9.17, 15) is 0 Å². The van der Waals surface area contributed by atoms with Gasteiger partial charge in [-0.25, -0.2) is 14.9 Å². The van der Waals surface area contributed by atoms with Crippen LogP contribution in [0, 0.1) is 0 Å². The first-order chi connectivity index (χ1) is 8.78. The molecule has 2 heterocycles. The molecule has 0 radical (unpaired) electrons. The average Bonchev–Trinajstić information content (AvgIpc) is 2.93. The maximum atomic E-state index is 5.93. The molecule has 0 amide bonds. The van der Waals surface area contributed by atoms with E-state index >= 15 is 0 Å². The molecule has 4 N–H and O–H groups in total. The topological polar surface area (TPSA) is 70.1 Å². The van der Waals surface area contributed by atoms with Gasteiger partial charge in [-0.2, -0.15) is 4.99 Å². The number of aliphatic imine (C=N–C) groups is 1. The van der Waals surface area contributed by atoms with E-state index in [0.29, 0.717) is 5.96 Å². The van der Waals surface area contributed by atoms with E-state index in [1.807, 2.05) is 6.07 Å². The van der Waals surface area contributed by atoms with Crippen molar-refractivity contribution in [3.63, 3.8) is 0 Å². The summed E-state index contributed by atoms with van der Waals surface area (Å²) in [4.78, 5) is 8.09. The van der Waals surface area contributed by atoms with Crippen molar-refractivity contribution in [3.8, 4) is 0 Å². The Hall–Kier alpha value is -2.04. The van der Waals surface area contributed by atoms with Gasteiger partial charge in [-0.3, -0.25) is 0 Å². The number of hydrogen-bond donors (Lipinski definition) is 3. The molecule has 0 bridgehead atoms. The molecule has 1 aliphatic carbocycles. The van der Waals surface area contributed by atoms with Crippen LogP contribution in [0.2, 0.25) is 0 Å². The van der Waals surface area contributed by atoms with Crippen LogP contribution in [0.4, 0.5) is 5.95 Å². The SMILES string of the molecule is NC1=NC2(CCCC2)[n+]2c([nH]c3ccccc32)N1. The Morgan fingerprint density at radius 3 is 2.83 bits per heavy atom. The van der Waals surface area contributed by atoms with Gasteiger partial charge in [0.1, 0.15) is 11.0 Å². The van der Waals surface area contributed by atoms with Crippen molar-refractivity contribution in [2.45, 2.75) is 31.3 Å². The van der Waals surface area contributed by atoms with Crippen molar-refractivity contribution in [1.82, 2.24) is 4.98 Å². The van der Waals surface area contributed by atoms with Gasteiger partial charge in [-0.1, -0.05) is 12.1 Å². The molecule has 1 fully saturated rings. The summed E-state index contributed by atoms with van der Waals surface area (Å²) in [5, 5.41) is 3.14. The van der Waals surface area contributed by atoms with Gasteiger partial charge in [0, 0.05) is 12.8 Å². The number of hydrogen-bond acceptors (Lipinski definition) is 3. The third kappa shape index (κ3) is 1.16. The zero-order valence-corrected chi connectivity index (χ0v) is 10.1. The highest BCUT2D eigenvalue weighted by Gasteiger charge is 2.45. The van der Waals surface area contributed by atoms with Crippen molar-refractivity contribution in [2.75, 3.05) is 5.32 Å². The molecule has 2 aromatic rings. The van der Waals surface area contributed by atoms with Gasteiger partial charge in [-0.15, -0.1) is 0 Å². The van der Waals surface area contributed by atoms with Crippen molar-refractivity contribution in [3.05, 3.63) is 24.3 Å². The zero-order valence-electron chi connectivity index (χ0n) is 10.1. The summed E-state index contributed by atoms with van der Waals surface area (Å²) in [6, 6.07) is 8.32. The summed E-state index contributed by atoms with van der Waals surface area (Å²) in [6.07, 6.45) is 4.55. The highest BCUT2D eigenvalue weighted by atomic mass is 15.4. The number of fused-ring (bicyclic) bond motifs is 4. The lowest BCUT2D eigenvalue weighted by atomic mass is 10.1. The van der Waals surface area contributed by atoms with Gasteiger partial charge >= 0.3 is 5.95 Å². The molecule has 1 saturated carbocycles. The van der Waals surface area contributed by atoms with Gasteiger partial charge in [0.15, 0.2) is 5.66 Å². The van der Waals surface area contributed by atoms with Crippen LogP contribution in [0.5, 0.6) is 0 Å². The summed E-state index contributed by atoms with van der Waals surface area (Å²) in [5.74, 6) is 1.47. The van der Waals surface area contributed by atoms with Crippen LogP contribution in [0.1, 0.15) is 25.7 Å². The highest BCUT2D eigenvalue weighted by molar-refractivity contribution is 5.92. The highest BCUT2D eigenvalue weighted by Crippen LogP contribution is 2.37. The molecule has 1 aromatic heterocycles. The maximum Gasteiger partial charge on any atom is 0.365 e.